The van der Waals surface area contributed by atoms with Crippen LogP contribution in [0.5, 0.6) is 0 Å². The summed E-state index contributed by atoms with van der Waals surface area (Å²) in [6.45, 7) is 3.44. The number of rotatable bonds is 6. The minimum absolute atomic E-state index is 0.371. The van der Waals surface area contributed by atoms with E-state index in [0.29, 0.717) is 5.92 Å². The summed E-state index contributed by atoms with van der Waals surface area (Å²) in [5.41, 5.74) is 2.36. The van der Waals surface area contributed by atoms with Crippen LogP contribution >= 0.6 is 0 Å². The molecule has 122 valence electrons. The van der Waals surface area contributed by atoms with E-state index in [0.717, 1.165) is 38.0 Å². The van der Waals surface area contributed by atoms with Gasteiger partial charge < -0.3 is 10.0 Å². The summed E-state index contributed by atoms with van der Waals surface area (Å²) in [5, 5.41) is 10.3. The monoisotopic (exact) mass is 310 g/mol. The number of benzene rings is 1. The number of hydrogen-bond acceptors (Lipinski definition) is 3. The number of aliphatic hydroxyl groups is 1. The number of aromatic nitrogens is 1. The molecular formula is C20H26N2O. The highest BCUT2D eigenvalue weighted by atomic mass is 16.3. The van der Waals surface area contributed by atoms with Gasteiger partial charge in [-0.1, -0.05) is 36.4 Å². The molecule has 1 aromatic carbocycles. The molecule has 1 aliphatic rings. The van der Waals surface area contributed by atoms with Crippen molar-refractivity contribution in [2.75, 3.05) is 19.6 Å². The molecule has 3 heteroatoms. The van der Waals surface area contributed by atoms with Crippen molar-refractivity contribution in [2.24, 2.45) is 5.92 Å². The molecule has 23 heavy (non-hydrogen) atoms. The number of likely N-dealkylation sites (tertiary alicyclic amines) is 1. The first-order chi connectivity index (χ1) is 11.3. The van der Waals surface area contributed by atoms with E-state index in [1.54, 1.807) is 12.4 Å². The second-order valence-corrected chi connectivity index (χ2v) is 6.56. The highest BCUT2D eigenvalue weighted by Crippen LogP contribution is 2.28. The topological polar surface area (TPSA) is 36.4 Å². The fourth-order valence-corrected chi connectivity index (χ4v) is 3.40. The van der Waals surface area contributed by atoms with Gasteiger partial charge in [-0.05, 0) is 61.9 Å². The lowest BCUT2D eigenvalue weighted by Crippen LogP contribution is -2.35. The number of nitrogens with zero attached hydrogens (tertiary/aromatic N) is 2. The van der Waals surface area contributed by atoms with Crippen molar-refractivity contribution >= 4 is 0 Å². The van der Waals surface area contributed by atoms with Gasteiger partial charge in [-0.3, -0.25) is 4.98 Å². The number of aliphatic hydroxyl groups excluding tert-OH is 1. The van der Waals surface area contributed by atoms with E-state index in [1.165, 1.54) is 18.4 Å². The summed E-state index contributed by atoms with van der Waals surface area (Å²) in [4.78, 5) is 6.65. The maximum Gasteiger partial charge on any atom is 0.0807 e. The predicted octanol–water partition coefficient (Wildman–Crippen LogP) is 3.46. The highest BCUT2D eigenvalue weighted by molar-refractivity contribution is 5.15. The molecule has 1 saturated heterocycles. The fraction of sp³-hybridized carbons (Fsp3) is 0.450. The van der Waals surface area contributed by atoms with Crippen molar-refractivity contribution in [1.82, 2.24) is 9.88 Å². The van der Waals surface area contributed by atoms with E-state index in [9.17, 15) is 5.11 Å². The molecule has 2 heterocycles. The first kappa shape index (κ1) is 16.2. The second-order valence-electron chi connectivity index (χ2n) is 6.56. The van der Waals surface area contributed by atoms with Crippen LogP contribution in [0.1, 0.15) is 36.5 Å². The van der Waals surface area contributed by atoms with E-state index in [1.807, 2.05) is 12.1 Å². The van der Waals surface area contributed by atoms with Crippen LogP contribution < -0.4 is 0 Å². The van der Waals surface area contributed by atoms with Crippen molar-refractivity contribution in [1.29, 1.82) is 0 Å². The van der Waals surface area contributed by atoms with Crippen LogP contribution in [-0.4, -0.2) is 34.6 Å². The van der Waals surface area contributed by atoms with E-state index < -0.39 is 0 Å². The predicted molar refractivity (Wildman–Crippen MR) is 93.1 cm³/mol. The number of piperidine rings is 1. The molecule has 0 radical (unpaired) electrons. The largest absolute Gasteiger partial charge is 0.388 e. The van der Waals surface area contributed by atoms with Gasteiger partial charge in [0.05, 0.1) is 6.10 Å². The Morgan fingerprint density at radius 3 is 2.57 bits per heavy atom. The SMILES string of the molecule is OC(CC1CCN(CCc2ccccc2)CC1)c1cccnc1. The molecule has 0 saturated carbocycles. The van der Waals surface area contributed by atoms with Crippen molar-refractivity contribution in [3.05, 3.63) is 66.0 Å². The van der Waals surface area contributed by atoms with Crippen molar-refractivity contribution in [3.8, 4) is 0 Å². The quantitative estimate of drug-likeness (QED) is 0.887. The molecule has 2 aromatic rings. The summed E-state index contributed by atoms with van der Waals surface area (Å²) >= 11 is 0. The summed E-state index contributed by atoms with van der Waals surface area (Å²) in [7, 11) is 0. The van der Waals surface area contributed by atoms with Crippen LogP contribution in [0, 0.1) is 5.92 Å². The van der Waals surface area contributed by atoms with E-state index in [4.69, 9.17) is 0 Å². The summed E-state index contributed by atoms with van der Waals surface area (Å²) < 4.78 is 0. The molecule has 0 aliphatic carbocycles. The first-order valence-electron chi connectivity index (χ1n) is 8.65. The lowest BCUT2D eigenvalue weighted by Gasteiger charge is -2.32. The van der Waals surface area contributed by atoms with E-state index in [-0.39, 0.29) is 6.10 Å². The van der Waals surface area contributed by atoms with Gasteiger partial charge in [0, 0.05) is 18.9 Å². The smallest absolute Gasteiger partial charge is 0.0807 e. The minimum atomic E-state index is -0.371. The van der Waals surface area contributed by atoms with E-state index in [2.05, 4.69) is 40.2 Å². The lowest BCUT2D eigenvalue weighted by molar-refractivity contribution is 0.108. The Bertz CT molecular complexity index is 565. The Labute approximate surface area is 139 Å². The van der Waals surface area contributed by atoms with Gasteiger partial charge >= 0.3 is 0 Å². The molecule has 3 rings (SSSR count). The zero-order valence-electron chi connectivity index (χ0n) is 13.6. The Kier molecular flexibility index (Phi) is 5.78. The molecule has 1 fully saturated rings. The average molecular weight is 310 g/mol. The Hall–Kier alpha value is -1.71. The molecule has 3 nitrogen and oxygen atoms in total. The van der Waals surface area contributed by atoms with Gasteiger partial charge in [0.25, 0.3) is 0 Å². The van der Waals surface area contributed by atoms with Crippen LogP contribution in [0.15, 0.2) is 54.9 Å². The molecule has 1 N–H and O–H groups in total. The third-order valence-electron chi connectivity index (χ3n) is 4.89. The molecule has 0 spiro atoms. The summed E-state index contributed by atoms with van der Waals surface area (Å²) in [5.74, 6) is 0.623. The normalized spacial score (nSPS) is 18.0. The van der Waals surface area contributed by atoms with Crippen molar-refractivity contribution in [3.63, 3.8) is 0 Å². The van der Waals surface area contributed by atoms with Crippen LogP contribution in [0.25, 0.3) is 0 Å². The molecule has 1 aliphatic heterocycles. The van der Waals surface area contributed by atoms with Gasteiger partial charge in [-0.2, -0.15) is 0 Å². The van der Waals surface area contributed by atoms with Crippen molar-refractivity contribution in [2.45, 2.75) is 31.8 Å². The van der Waals surface area contributed by atoms with Crippen molar-refractivity contribution < 1.29 is 5.11 Å². The zero-order valence-corrected chi connectivity index (χ0v) is 13.6. The van der Waals surface area contributed by atoms with Gasteiger partial charge in [0.15, 0.2) is 0 Å². The highest BCUT2D eigenvalue weighted by Gasteiger charge is 2.22. The molecule has 0 bridgehead atoms. The molecular weight excluding hydrogens is 284 g/mol. The maximum absolute atomic E-state index is 10.3. The average Bonchev–Trinajstić information content (AvgIpc) is 2.63. The number of pyridine rings is 1. The fourth-order valence-electron chi connectivity index (χ4n) is 3.40. The molecule has 1 aromatic heterocycles. The van der Waals surface area contributed by atoms with Gasteiger partial charge in [0.2, 0.25) is 0 Å². The summed E-state index contributed by atoms with van der Waals surface area (Å²) in [6.07, 6.45) is 7.52. The third kappa shape index (κ3) is 4.88. The summed E-state index contributed by atoms with van der Waals surface area (Å²) in [6, 6.07) is 14.6. The third-order valence-corrected chi connectivity index (χ3v) is 4.89. The maximum atomic E-state index is 10.3. The molecule has 1 atom stereocenters. The standard InChI is InChI=1S/C20H26N2O/c23-20(19-7-4-11-21-16-19)15-18-9-13-22(14-10-18)12-8-17-5-2-1-3-6-17/h1-7,11,16,18,20,23H,8-10,12-15H2. The van der Waals surface area contributed by atoms with Crippen LogP contribution in [0.2, 0.25) is 0 Å². The van der Waals surface area contributed by atoms with Gasteiger partial charge in [-0.15, -0.1) is 0 Å². The van der Waals surface area contributed by atoms with Crippen LogP contribution in [0.3, 0.4) is 0 Å². The Morgan fingerprint density at radius 2 is 1.87 bits per heavy atom. The molecule has 0 amide bonds. The Balaban J connectivity index is 1.40. The van der Waals surface area contributed by atoms with Gasteiger partial charge in [-0.25, -0.2) is 0 Å². The Morgan fingerprint density at radius 1 is 1.09 bits per heavy atom. The van der Waals surface area contributed by atoms with E-state index >= 15 is 0 Å². The number of hydrogen-bond donors (Lipinski definition) is 1. The molecule has 1 unspecified atom stereocenters. The second kappa shape index (κ2) is 8.23. The minimum Gasteiger partial charge on any atom is -0.388 e. The lowest BCUT2D eigenvalue weighted by atomic mass is 9.89. The zero-order chi connectivity index (χ0) is 15.9. The van der Waals surface area contributed by atoms with Gasteiger partial charge in [0.1, 0.15) is 0 Å². The van der Waals surface area contributed by atoms with Crippen LogP contribution in [-0.2, 0) is 6.42 Å². The first-order valence-corrected chi connectivity index (χ1v) is 8.65. The van der Waals surface area contributed by atoms with Crippen LogP contribution in [0.4, 0.5) is 0 Å².